The molecule has 2 aliphatic heterocycles. The van der Waals surface area contributed by atoms with E-state index in [0.717, 1.165) is 41.3 Å². The number of hydrogen-bond acceptors (Lipinski definition) is 4. The van der Waals surface area contributed by atoms with E-state index in [1.807, 2.05) is 43.1 Å². The molecule has 2 fully saturated rings. The van der Waals surface area contributed by atoms with Crippen LogP contribution < -0.4 is 0 Å². The number of hydrogen-bond donors (Lipinski definition) is 0. The Morgan fingerprint density at radius 3 is 2.57 bits per heavy atom. The molecule has 3 aromatic rings. The summed E-state index contributed by atoms with van der Waals surface area (Å²) in [6, 6.07) is 11.0. The highest BCUT2D eigenvalue weighted by molar-refractivity contribution is 6.15. The molecular weight excluding hydrogens is 469 g/mol. The van der Waals surface area contributed by atoms with Gasteiger partial charge in [-0.15, -0.1) is 0 Å². The van der Waals surface area contributed by atoms with Crippen LogP contribution in [-0.4, -0.2) is 62.4 Å². The van der Waals surface area contributed by atoms with Gasteiger partial charge in [-0.25, -0.2) is 4.39 Å². The summed E-state index contributed by atoms with van der Waals surface area (Å²) in [7, 11) is 1.89. The first-order valence-corrected chi connectivity index (χ1v) is 13.0. The Labute approximate surface area is 216 Å². The Balaban J connectivity index is 1.25. The number of aryl methyl sites for hydroxylation is 1. The van der Waals surface area contributed by atoms with Gasteiger partial charge in [0.2, 0.25) is 5.91 Å². The molecule has 0 bridgehead atoms. The van der Waals surface area contributed by atoms with E-state index in [2.05, 4.69) is 10.1 Å². The quantitative estimate of drug-likeness (QED) is 0.521. The molecule has 3 aliphatic rings. The van der Waals surface area contributed by atoms with Crippen LogP contribution in [0.2, 0.25) is 0 Å². The van der Waals surface area contributed by atoms with E-state index < -0.39 is 11.4 Å². The third-order valence-corrected chi connectivity index (χ3v) is 8.23. The number of likely N-dealkylation sites (tertiary alicyclic amines) is 1. The lowest BCUT2D eigenvalue weighted by Gasteiger charge is -2.25. The van der Waals surface area contributed by atoms with E-state index in [0.29, 0.717) is 31.0 Å². The van der Waals surface area contributed by atoms with Crippen LogP contribution in [0.4, 0.5) is 4.39 Å². The second-order valence-electron chi connectivity index (χ2n) is 11.6. The lowest BCUT2D eigenvalue weighted by molar-refractivity contribution is -0.135. The van der Waals surface area contributed by atoms with Crippen LogP contribution >= 0.6 is 0 Å². The molecule has 7 nitrogen and oxygen atoms in total. The summed E-state index contributed by atoms with van der Waals surface area (Å²) in [5.74, 6) is 0.196. The number of amides is 2. The van der Waals surface area contributed by atoms with Gasteiger partial charge in [0.15, 0.2) is 0 Å². The van der Waals surface area contributed by atoms with Crippen molar-refractivity contribution in [1.29, 1.82) is 0 Å². The minimum atomic E-state index is -0.957. The van der Waals surface area contributed by atoms with Gasteiger partial charge in [-0.05, 0) is 74.4 Å². The van der Waals surface area contributed by atoms with E-state index in [1.165, 1.54) is 6.07 Å². The molecule has 1 saturated carbocycles. The van der Waals surface area contributed by atoms with Crippen molar-refractivity contribution in [1.82, 2.24) is 19.6 Å². The van der Waals surface area contributed by atoms with Gasteiger partial charge in [0.1, 0.15) is 17.2 Å². The van der Waals surface area contributed by atoms with Crippen molar-refractivity contribution in [3.05, 3.63) is 54.0 Å². The number of halogens is 1. The van der Waals surface area contributed by atoms with Gasteiger partial charge in [-0.3, -0.25) is 24.2 Å². The van der Waals surface area contributed by atoms with Crippen LogP contribution in [0, 0.1) is 17.2 Å². The molecule has 0 spiro atoms. The predicted octanol–water partition coefficient (Wildman–Crippen LogP) is 4.40. The molecule has 192 valence electrons. The fourth-order valence-electron chi connectivity index (χ4n) is 5.60. The Bertz CT molecular complexity index is 1470. The Kier molecular flexibility index (Phi) is 5.30. The predicted molar refractivity (Wildman–Crippen MR) is 140 cm³/mol. The van der Waals surface area contributed by atoms with Gasteiger partial charge < -0.3 is 4.90 Å². The van der Waals surface area contributed by atoms with Crippen LogP contribution in [0.5, 0.6) is 0 Å². The van der Waals surface area contributed by atoms with Crippen LogP contribution in [0.15, 0.2) is 47.6 Å². The number of carbonyl (C=O) groups excluding carboxylic acids is 2. The summed E-state index contributed by atoms with van der Waals surface area (Å²) >= 11 is 0. The molecule has 8 heteroatoms. The lowest BCUT2D eigenvalue weighted by atomic mass is 10.0. The fraction of sp³-hybridized carbons (Fsp3) is 0.448. The van der Waals surface area contributed by atoms with Crippen molar-refractivity contribution in [2.24, 2.45) is 23.4 Å². The first-order valence-electron chi connectivity index (χ1n) is 13.0. The Hall–Kier alpha value is -3.55. The van der Waals surface area contributed by atoms with Gasteiger partial charge in [0, 0.05) is 37.5 Å². The highest BCUT2D eigenvalue weighted by Crippen LogP contribution is 2.47. The van der Waals surface area contributed by atoms with Crippen LogP contribution in [-0.2, 0) is 16.6 Å². The monoisotopic (exact) mass is 501 g/mol. The molecule has 1 atom stereocenters. The van der Waals surface area contributed by atoms with Crippen molar-refractivity contribution >= 4 is 28.6 Å². The van der Waals surface area contributed by atoms with Crippen LogP contribution in [0.25, 0.3) is 22.0 Å². The van der Waals surface area contributed by atoms with E-state index in [1.54, 1.807) is 35.7 Å². The fourth-order valence-corrected chi connectivity index (χ4v) is 5.60. The second kappa shape index (κ2) is 8.23. The van der Waals surface area contributed by atoms with E-state index in [9.17, 15) is 9.59 Å². The molecule has 1 aromatic heterocycles. The molecule has 0 radical (unpaired) electrons. The standard InChI is InChI=1S/C29H32FN5O2/c1-28(2)26(36)35(17-18-9-12-34(16-18)27(37)29(3)10-11-29)25(32-28)22-7-5-20(14-23(22)30)19-6-8-24-21(13-19)15-31-33(24)4/h5-8,13-15,18H,9-12,16-17H2,1-4H3/t18-/m1/s1. The third kappa shape index (κ3) is 4.03. The summed E-state index contributed by atoms with van der Waals surface area (Å²) in [5, 5.41) is 5.27. The maximum absolute atomic E-state index is 15.6. The molecule has 0 N–H and O–H groups in total. The van der Waals surface area contributed by atoms with Crippen molar-refractivity contribution in [3.8, 4) is 11.1 Å². The molecular formula is C29H32FN5O2. The maximum Gasteiger partial charge on any atom is 0.255 e. The lowest BCUT2D eigenvalue weighted by Crippen LogP contribution is -2.43. The molecule has 2 amide bonds. The molecule has 37 heavy (non-hydrogen) atoms. The summed E-state index contributed by atoms with van der Waals surface area (Å²) in [4.78, 5) is 34.4. The highest BCUT2D eigenvalue weighted by Gasteiger charge is 2.49. The summed E-state index contributed by atoms with van der Waals surface area (Å²) in [6.07, 6.45) is 4.53. The van der Waals surface area contributed by atoms with E-state index in [-0.39, 0.29) is 23.1 Å². The van der Waals surface area contributed by atoms with Crippen LogP contribution in [0.3, 0.4) is 0 Å². The molecule has 1 saturated heterocycles. The number of amidine groups is 1. The minimum Gasteiger partial charge on any atom is -0.342 e. The van der Waals surface area contributed by atoms with Gasteiger partial charge in [0.25, 0.3) is 5.91 Å². The number of aliphatic imine (C=N–C) groups is 1. The number of carbonyl (C=O) groups is 2. The van der Waals surface area contributed by atoms with Gasteiger partial charge in [-0.2, -0.15) is 5.10 Å². The minimum absolute atomic E-state index is 0.132. The van der Waals surface area contributed by atoms with Crippen LogP contribution in [0.1, 0.15) is 45.6 Å². The summed E-state index contributed by atoms with van der Waals surface area (Å²) in [5.41, 5.74) is 1.83. The van der Waals surface area contributed by atoms with Crippen molar-refractivity contribution < 1.29 is 14.0 Å². The Morgan fingerprint density at radius 1 is 1.11 bits per heavy atom. The average molecular weight is 502 g/mol. The molecule has 1 aliphatic carbocycles. The number of aromatic nitrogens is 2. The number of rotatable bonds is 5. The third-order valence-electron chi connectivity index (χ3n) is 8.23. The smallest absolute Gasteiger partial charge is 0.255 e. The zero-order chi connectivity index (χ0) is 26.1. The van der Waals surface area contributed by atoms with Gasteiger partial charge in [0.05, 0.1) is 17.3 Å². The summed E-state index contributed by atoms with van der Waals surface area (Å²) in [6.45, 7) is 7.33. The van der Waals surface area contributed by atoms with Crippen molar-refractivity contribution in [2.75, 3.05) is 19.6 Å². The maximum atomic E-state index is 15.6. The molecule has 0 unspecified atom stereocenters. The molecule has 2 aromatic carbocycles. The van der Waals surface area contributed by atoms with Crippen molar-refractivity contribution in [3.63, 3.8) is 0 Å². The zero-order valence-electron chi connectivity index (χ0n) is 21.8. The average Bonchev–Trinajstić information content (AvgIpc) is 3.19. The van der Waals surface area contributed by atoms with E-state index in [4.69, 9.17) is 0 Å². The normalized spacial score (nSPS) is 22.1. The highest BCUT2D eigenvalue weighted by atomic mass is 19.1. The van der Waals surface area contributed by atoms with E-state index >= 15 is 4.39 Å². The number of fused-ring (bicyclic) bond motifs is 1. The summed E-state index contributed by atoms with van der Waals surface area (Å²) < 4.78 is 17.4. The van der Waals surface area contributed by atoms with Crippen molar-refractivity contribution in [2.45, 2.75) is 45.6 Å². The molecule has 6 rings (SSSR count). The zero-order valence-corrected chi connectivity index (χ0v) is 21.8. The second-order valence-corrected chi connectivity index (χ2v) is 11.6. The number of benzene rings is 2. The Morgan fingerprint density at radius 2 is 1.84 bits per heavy atom. The van der Waals surface area contributed by atoms with Gasteiger partial charge in [-0.1, -0.05) is 19.1 Å². The topological polar surface area (TPSA) is 70.8 Å². The first kappa shape index (κ1) is 23.8. The largest absolute Gasteiger partial charge is 0.342 e. The van der Waals surface area contributed by atoms with Gasteiger partial charge >= 0.3 is 0 Å². The number of nitrogens with zero attached hydrogens (tertiary/aromatic N) is 5. The first-order chi connectivity index (χ1) is 17.6. The SMILES string of the molecule is Cn1ncc2cc(-c3ccc(C4=NC(C)(C)C(=O)N4C[C@@H]4CCN(C(=O)C5(C)CC5)C4)c(F)c3)ccc21. The molecule has 3 heterocycles.